The number of aliphatic hydroxyl groups is 1. The van der Waals surface area contributed by atoms with Crippen molar-refractivity contribution >= 4 is 39.5 Å². The van der Waals surface area contributed by atoms with Crippen LogP contribution in [0, 0.1) is 11.8 Å². The van der Waals surface area contributed by atoms with Gasteiger partial charge in [0.25, 0.3) is 0 Å². The predicted molar refractivity (Wildman–Crippen MR) is 414 cm³/mol. The van der Waals surface area contributed by atoms with Gasteiger partial charge >= 0.3 is 39.5 Å². The number of phosphoric acid groups is 2. The monoisotopic (exact) mass is 1480 g/mol. The van der Waals surface area contributed by atoms with E-state index in [0.717, 1.165) is 102 Å². The van der Waals surface area contributed by atoms with Gasteiger partial charge in [-0.3, -0.25) is 37.3 Å². The number of carbonyl (C=O) groups is 4. The summed E-state index contributed by atoms with van der Waals surface area (Å²) < 4.78 is 68.7. The van der Waals surface area contributed by atoms with Gasteiger partial charge in [-0.05, 0) is 37.5 Å². The Labute approximate surface area is 619 Å². The van der Waals surface area contributed by atoms with Crippen molar-refractivity contribution in [1.82, 2.24) is 0 Å². The van der Waals surface area contributed by atoms with Crippen LogP contribution >= 0.6 is 15.6 Å². The molecule has 0 aliphatic rings. The molecule has 0 aromatic carbocycles. The summed E-state index contributed by atoms with van der Waals surface area (Å²) in [5, 5.41) is 10.6. The van der Waals surface area contributed by atoms with Crippen molar-refractivity contribution in [2.75, 3.05) is 39.6 Å². The van der Waals surface area contributed by atoms with Crippen LogP contribution in [0.4, 0.5) is 0 Å². The molecular weight excluding hydrogens is 1320 g/mol. The maximum Gasteiger partial charge on any atom is 0.472 e. The molecule has 0 fully saturated rings. The Morgan fingerprint density at radius 3 is 0.752 bits per heavy atom. The van der Waals surface area contributed by atoms with Crippen LogP contribution in [0.1, 0.15) is 433 Å². The van der Waals surface area contributed by atoms with Crippen LogP contribution in [0.3, 0.4) is 0 Å². The number of phosphoric ester groups is 2. The topological polar surface area (TPSA) is 237 Å². The molecule has 0 amide bonds. The SMILES string of the molecule is CCCCCCCCCCCCCCCCCC(=O)O[C@H](COC(=O)CCCCCCCCCCC)COP(=O)(O)OC[C@H](O)COP(=O)(O)OC[C@@H](COC(=O)CCCCCCCCCCCCCCCCC(C)CC)OC(=O)CCCCCCCCCCCCCCCCCCC(C)C. The lowest BCUT2D eigenvalue weighted by Crippen LogP contribution is -2.30. The highest BCUT2D eigenvalue weighted by Crippen LogP contribution is 2.45. The van der Waals surface area contributed by atoms with E-state index in [1.165, 1.54) is 250 Å². The first-order chi connectivity index (χ1) is 48.9. The zero-order valence-electron chi connectivity index (χ0n) is 66.2. The summed E-state index contributed by atoms with van der Waals surface area (Å²) in [6, 6.07) is 0. The Kier molecular flexibility index (Phi) is 72.2. The number of hydrogen-bond acceptors (Lipinski definition) is 15. The summed E-state index contributed by atoms with van der Waals surface area (Å²) in [6.07, 6.45) is 63.7. The maximum atomic E-state index is 13.1. The second kappa shape index (κ2) is 73.6. The highest BCUT2D eigenvalue weighted by Gasteiger charge is 2.30. The van der Waals surface area contributed by atoms with Gasteiger partial charge in [0.2, 0.25) is 0 Å². The summed E-state index contributed by atoms with van der Waals surface area (Å²) in [4.78, 5) is 73.0. The van der Waals surface area contributed by atoms with Gasteiger partial charge in [-0.15, -0.1) is 0 Å². The lowest BCUT2D eigenvalue weighted by atomic mass is 9.99. The molecule has 0 rings (SSSR count). The minimum absolute atomic E-state index is 0.108. The van der Waals surface area contributed by atoms with Crippen molar-refractivity contribution in [3.05, 3.63) is 0 Å². The van der Waals surface area contributed by atoms with E-state index in [2.05, 4.69) is 41.5 Å². The van der Waals surface area contributed by atoms with Gasteiger partial charge < -0.3 is 33.8 Å². The van der Waals surface area contributed by atoms with Crippen LogP contribution < -0.4 is 0 Å². The second-order valence-electron chi connectivity index (χ2n) is 30.2. The third-order valence-corrected chi connectivity index (χ3v) is 21.5. The summed E-state index contributed by atoms with van der Waals surface area (Å²) in [7, 11) is -9.92. The molecule has 600 valence electrons. The first-order valence-electron chi connectivity index (χ1n) is 42.5. The molecule has 17 nitrogen and oxygen atoms in total. The van der Waals surface area contributed by atoms with E-state index >= 15 is 0 Å². The van der Waals surface area contributed by atoms with E-state index in [1.807, 2.05) is 0 Å². The Morgan fingerprint density at radius 2 is 0.505 bits per heavy atom. The molecule has 0 radical (unpaired) electrons. The predicted octanol–water partition coefficient (Wildman–Crippen LogP) is 24.7. The van der Waals surface area contributed by atoms with E-state index in [4.69, 9.17) is 37.0 Å². The number of rotatable bonds is 81. The van der Waals surface area contributed by atoms with E-state index in [0.29, 0.717) is 25.7 Å². The molecule has 0 spiro atoms. The molecule has 0 aromatic rings. The van der Waals surface area contributed by atoms with Crippen molar-refractivity contribution in [3.63, 3.8) is 0 Å². The molecule has 101 heavy (non-hydrogen) atoms. The molecule has 0 saturated heterocycles. The van der Waals surface area contributed by atoms with Crippen molar-refractivity contribution in [2.24, 2.45) is 11.8 Å². The van der Waals surface area contributed by atoms with Gasteiger partial charge in [0.1, 0.15) is 19.3 Å². The zero-order chi connectivity index (χ0) is 74.2. The summed E-state index contributed by atoms with van der Waals surface area (Å²) >= 11 is 0. The minimum atomic E-state index is -4.96. The largest absolute Gasteiger partial charge is 0.472 e. The average molecular weight is 1480 g/mol. The van der Waals surface area contributed by atoms with Crippen LogP contribution in [0.5, 0.6) is 0 Å². The first kappa shape index (κ1) is 99.1. The van der Waals surface area contributed by atoms with Crippen molar-refractivity contribution in [2.45, 2.75) is 452 Å². The van der Waals surface area contributed by atoms with Crippen LogP contribution in [-0.4, -0.2) is 96.7 Å². The molecule has 0 aliphatic carbocycles. The molecule has 3 N–H and O–H groups in total. The normalized spacial score (nSPS) is 14.2. The Bertz CT molecular complexity index is 1940. The highest BCUT2D eigenvalue weighted by atomic mass is 31.2. The van der Waals surface area contributed by atoms with Crippen LogP contribution in [0.25, 0.3) is 0 Å². The number of esters is 4. The average Bonchev–Trinajstić information content (AvgIpc) is 0.967. The fourth-order valence-electron chi connectivity index (χ4n) is 12.7. The van der Waals surface area contributed by atoms with Crippen LogP contribution in [0.2, 0.25) is 0 Å². The number of aliphatic hydroxyl groups excluding tert-OH is 1. The van der Waals surface area contributed by atoms with E-state index in [1.54, 1.807) is 0 Å². The number of carbonyl (C=O) groups excluding carboxylic acids is 4. The van der Waals surface area contributed by atoms with Crippen LogP contribution in [0.15, 0.2) is 0 Å². The zero-order valence-corrected chi connectivity index (χ0v) is 68.0. The van der Waals surface area contributed by atoms with E-state index < -0.39 is 97.5 Å². The fraction of sp³-hybridized carbons (Fsp3) is 0.951. The standard InChI is InChI=1S/C82H160O17P2/c1-7-10-12-14-16-18-19-20-23-31-36-42-48-54-60-66-81(86)98-77(70-92-79(84)64-58-52-46-38-17-15-13-11-8-2)72-96-100(88,89)94-68-76(83)69-95-101(90,91)97-73-78(71-93-80(85)65-59-53-47-41-35-30-27-26-29-34-40-45-51-57-63-75(6)9-3)99-82(87)67-61-55-49-43-37-32-25-22-21-24-28-33-39-44-50-56-62-74(4)5/h74-78,83H,7-73H2,1-6H3,(H,88,89)(H,90,91)/t75?,76-,77+,78+/m0/s1. The smallest absolute Gasteiger partial charge is 0.462 e. The highest BCUT2D eigenvalue weighted by molar-refractivity contribution is 7.47. The third-order valence-electron chi connectivity index (χ3n) is 19.6. The second-order valence-corrected chi connectivity index (χ2v) is 33.1. The van der Waals surface area contributed by atoms with Gasteiger partial charge in [-0.1, -0.05) is 382 Å². The maximum absolute atomic E-state index is 13.1. The molecular formula is C82H160O17P2. The molecule has 0 aromatic heterocycles. The quantitative estimate of drug-likeness (QED) is 0.0222. The molecule has 0 heterocycles. The molecule has 19 heteroatoms. The van der Waals surface area contributed by atoms with Crippen LogP contribution in [-0.2, 0) is 65.4 Å². The Morgan fingerprint density at radius 1 is 0.287 bits per heavy atom. The van der Waals surface area contributed by atoms with Crippen molar-refractivity contribution in [3.8, 4) is 0 Å². The van der Waals surface area contributed by atoms with Gasteiger partial charge in [-0.25, -0.2) is 9.13 Å². The van der Waals surface area contributed by atoms with E-state index in [-0.39, 0.29) is 25.7 Å². The molecule has 3 unspecified atom stereocenters. The van der Waals surface area contributed by atoms with Gasteiger partial charge in [-0.2, -0.15) is 0 Å². The summed E-state index contributed by atoms with van der Waals surface area (Å²) in [5.41, 5.74) is 0. The summed E-state index contributed by atoms with van der Waals surface area (Å²) in [6.45, 7) is 9.72. The fourth-order valence-corrected chi connectivity index (χ4v) is 14.3. The number of unbranched alkanes of at least 4 members (excludes halogenated alkanes) is 50. The van der Waals surface area contributed by atoms with Gasteiger partial charge in [0, 0.05) is 25.7 Å². The Balaban J connectivity index is 5.22. The number of ether oxygens (including phenoxy) is 4. The van der Waals surface area contributed by atoms with Gasteiger partial charge in [0.15, 0.2) is 12.2 Å². The minimum Gasteiger partial charge on any atom is -0.462 e. The van der Waals surface area contributed by atoms with Crippen molar-refractivity contribution in [1.29, 1.82) is 0 Å². The third kappa shape index (κ3) is 74.7. The first-order valence-corrected chi connectivity index (χ1v) is 45.5. The Hall–Kier alpha value is -1.94. The molecule has 6 atom stereocenters. The molecule has 0 saturated carbocycles. The number of hydrogen-bond donors (Lipinski definition) is 3. The molecule has 0 aliphatic heterocycles. The lowest BCUT2D eigenvalue weighted by molar-refractivity contribution is -0.161. The lowest BCUT2D eigenvalue weighted by Gasteiger charge is -2.21. The van der Waals surface area contributed by atoms with E-state index in [9.17, 15) is 43.2 Å². The molecule has 0 bridgehead atoms. The van der Waals surface area contributed by atoms with Crippen molar-refractivity contribution < 1.29 is 80.2 Å². The summed E-state index contributed by atoms with van der Waals surface area (Å²) in [5.74, 6) is -0.447. The van der Waals surface area contributed by atoms with Gasteiger partial charge in [0.05, 0.1) is 26.4 Å².